The minimum Gasteiger partial charge on any atom is -0.350 e. The van der Waals surface area contributed by atoms with Gasteiger partial charge in [-0.05, 0) is 31.2 Å². The second kappa shape index (κ2) is 5.77. The highest BCUT2D eigenvalue weighted by Gasteiger charge is 2.09. The topological polar surface area (TPSA) is 77.1 Å². The molecule has 4 aromatic rings. The van der Waals surface area contributed by atoms with Crippen LogP contribution in [0.4, 0.5) is 0 Å². The molecule has 7 nitrogen and oxygen atoms in total. The summed E-state index contributed by atoms with van der Waals surface area (Å²) in [6, 6.07) is 11.5. The Kier molecular flexibility index (Phi) is 3.45. The molecule has 24 heavy (non-hydrogen) atoms. The number of nitrogens with one attached hydrogen (secondary N) is 1. The van der Waals surface area contributed by atoms with Crippen LogP contribution in [0.15, 0.2) is 48.9 Å². The lowest BCUT2D eigenvalue weighted by molar-refractivity contribution is 0.0952. The molecule has 0 aliphatic heterocycles. The van der Waals surface area contributed by atoms with Crippen LogP contribution in [0.3, 0.4) is 0 Å². The van der Waals surface area contributed by atoms with E-state index < -0.39 is 0 Å². The van der Waals surface area contributed by atoms with Gasteiger partial charge in [0.2, 0.25) is 0 Å². The normalized spacial score (nSPS) is 11.2. The number of carbonyl (C=O) groups is 1. The van der Waals surface area contributed by atoms with E-state index >= 15 is 0 Å². The van der Waals surface area contributed by atoms with Crippen LogP contribution >= 0.6 is 0 Å². The lowest BCUT2D eigenvalue weighted by atomic mass is 10.2. The molecule has 120 valence electrons. The second-order valence-electron chi connectivity index (χ2n) is 5.57. The summed E-state index contributed by atoms with van der Waals surface area (Å²) in [5, 5.41) is 10.7. The molecule has 3 aromatic heterocycles. The summed E-state index contributed by atoms with van der Waals surface area (Å²) in [5.74, 6) is 0.823. The van der Waals surface area contributed by atoms with Crippen LogP contribution in [0.1, 0.15) is 16.2 Å². The van der Waals surface area contributed by atoms with Gasteiger partial charge in [-0.25, -0.2) is 4.98 Å². The first-order valence-corrected chi connectivity index (χ1v) is 7.72. The van der Waals surface area contributed by atoms with Gasteiger partial charge in [-0.2, -0.15) is 0 Å². The van der Waals surface area contributed by atoms with Gasteiger partial charge in [-0.1, -0.05) is 12.1 Å². The first kappa shape index (κ1) is 14.4. The zero-order chi connectivity index (χ0) is 16.5. The third kappa shape index (κ3) is 2.50. The maximum atomic E-state index is 12.3. The van der Waals surface area contributed by atoms with Crippen LogP contribution in [0.5, 0.6) is 0 Å². The van der Waals surface area contributed by atoms with Crippen molar-refractivity contribution >= 4 is 22.6 Å². The maximum Gasteiger partial charge on any atom is 0.252 e. The standard InChI is InChI=1S/C17H16N6O/c1-12-20-14-4-2-3-5-15(14)23(12)9-8-18-17(24)13-6-7-16-21-19-11-22(16)10-13/h2-7,10-11H,8-9H2,1H3,(H,18,24). The molecule has 0 unspecified atom stereocenters. The number of imidazole rings is 1. The molecule has 0 bridgehead atoms. The van der Waals surface area contributed by atoms with Crippen molar-refractivity contribution in [3.05, 3.63) is 60.3 Å². The first-order chi connectivity index (χ1) is 11.7. The van der Waals surface area contributed by atoms with E-state index in [0.29, 0.717) is 24.3 Å². The van der Waals surface area contributed by atoms with E-state index in [4.69, 9.17) is 0 Å². The largest absolute Gasteiger partial charge is 0.350 e. The number of hydrogen-bond acceptors (Lipinski definition) is 4. The molecule has 0 aliphatic rings. The smallest absolute Gasteiger partial charge is 0.252 e. The summed E-state index contributed by atoms with van der Waals surface area (Å²) in [5.41, 5.74) is 3.34. The lowest BCUT2D eigenvalue weighted by Crippen LogP contribution is -2.27. The highest BCUT2D eigenvalue weighted by atomic mass is 16.1. The molecule has 3 heterocycles. The van der Waals surface area contributed by atoms with Crippen LogP contribution in [0.25, 0.3) is 16.7 Å². The number of benzene rings is 1. The van der Waals surface area contributed by atoms with E-state index in [1.54, 1.807) is 29.1 Å². The summed E-state index contributed by atoms with van der Waals surface area (Å²) in [4.78, 5) is 16.8. The van der Waals surface area contributed by atoms with Crippen molar-refractivity contribution in [3.63, 3.8) is 0 Å². The number of para-hydroxylation sites is 2. The van der Waals surface area contributed by atoms with Gasteiger partial charge in [-0.3, -0.25) is 9.20 Å². The van der Waals surface area contributed by atoms with E-state index in [0.717, 1.165) is 16.9 Å². The molecular formula is C17H16N6O. The average Bonchev–Trinajstić information content (AvgIpc) is 3.18. The number of pyridine rings is 1. The van der Waals surface area contributed by atoms with Crippen molar-refractivity contribution in [2.75, 3.05) is 6.54 Å². The molecule has 1 amide bonds. The number of hydrogen-bond donors (Lipinski definition) is 1. The molecule has 0 aliphatic carbocycles. The Balaban J connectivity index is 1.46. The van der Waals surface area contributed by atoms with Gasteiger partial charge in [0.25, 0.3) is 5.91 Å². The molecule has 4 rings (SSSR count). The SMILES string of the molecule is Cc1nc2ccccc2n1CCNC(=O)c1ccc2nncn2c1. The molecule has 7 heteroatoms. The van der Waals surface area contributed by atoms with Crippen molar-refractivity contribution < 1.29 is 4.79 Å². The Labute approximate surface area is 138 Å². The average molecular weight is 320 g/mol. The van der Waals surface area contributed by atoms with Crippen molar-refractivity contribution in [1.29, 1.82) is 0 Å². The number of aromatic nitrogens is 5. The van der Waals surface area contributed by atoms with Gasteiger partial charge in [0, 0.05) is 19.3 Å². The maximum absolute atomic E-state index is 12.3. The fourth-order valence-corrected chi connectivity index (χ4v) is 2.82. The molecule has 0 saturated heterocycles. The Morgan fingerprint density at radius 2 is 2.08 bits per heavy atom. The van der Waals surface area contributed by atoms with Gasteiger partial charge < -0.3 is 9.88 Å². The molecule has 0 atom stereocenters. The van der Waals surface area contributed by atoms with Gasteiger partial charge in [0.15, 0.2) is 5.65 Å². The number of rotatable bonds is 4. The number of carbonyl (C=O) groups excluding carboxylic acids is 1. The molecule has 0 spiro atoms. The summed E-state index contributed by atoms with van der Waals surface area (Å²) < 4.78 is 3.83. The Bertz CT molecular complexity index is 1030. The lowest BCUT2D eigenvalue weighted by Gasteiger charge is -2.09. The Morgan fingerprint density at radius 1 is 1.21 bits per heavy atom. The summed E-state index contributed by atoms with van der Waals surface area (Å²) >= 11 is 0. The van der Waals surface area contributed by atoms with Crippen molar-refractivity contribution in [3.8, 4) is 0 Å². The molecule has 0 saturated carbocycles. The zero-order valence-corrected chi connectivity index (χ0v) is 13.2. The van der Waals surface area contributed by atoms with E-state index in [1.807, 2.05) is 31.2 Å². The highest BCUT2D eigenvalue weighted by Crippen LogP contribution is 2.14. The van der Waals surface area contributed by atoms with Crippen LogP contribution < -0.4 is 5.32 Å². The molecule has 0 radical (unpaired) electrons. The third-order valence-corrected chi connectivity index (χ3v) is 4.02. The Hall–Kier alpha value is -3.22. The van der Waals surface area contributed by atoms with Gasteiger partial charge in [0.1, 0.15) is 12.2 Å². The molecule has 0 fully saturated rings. The van der Waals surface area contributed by atoms with Gasteiger partial charge in [0.05, 0.1) is 16.6 Å². The quantitative estimate of drug-likeness (QED) is 0.622. The van der Waals surface area contributed by atoms with Crippen molar-refractivity contribution in [2.45, 2.75) is 13.5 Å². The fourth-order valence-electron chi connectivity index (χ4n) is 2.82. The number of amides is 1. The first-order valence-electron chi connectivity index (χ1n) is 7.72. The van der Waals surface area contributed by atoms with Crippen LogP contribution in [0.2, 0.25) is 0 Å². The number of aryl methyl sites for hydroxylation is 1. The number of fused-ring (bicyclic) bond motifs is 2. The fraction of sp³-hybridized carbons (Fsp3) is 0.176. The van der Waals surface area contributed by atoms with E-state index in [9.17, 15) is 4.79 Å². The second-order valence-corrected chi connectivity index (χ2v) is 5.57. The number of nitrogens with zero attached hydrogens (tertiary/aromatic N) is 5. The van der Waals surface area contributed by atoms with Crippen LogP contribution in [-0.4, -0.2) is 36.6 Å². The summed E-state index contributed by atoms with van der Waals surface area (Å²) in [6.45, 7) is 3.18. The molecule has 1 N–H and O–H groups in total. The van der Waals surface area contributed by atoms with E-state index in [1.165, 1.54) is 0 Å². The van der Waals surface area contributed by atoms with Gasteiger partial charge in [-0.15, -0.1) is 10.2 Å². The third-order valence-electron chi connectivity index (χ3n) is 4.02. The highest BCUT2D eigenvalue weighted by molar-refractivity contribution is 5.94. The minimum atomic E-state index is -0.118. The molecular weight excluding hydrogens is 304 g/mol. The van der Waals surface area contributed by atoms with Crippen LogP contribution in [0, 0.1) is 6.92 Å². The van der Waals surface area contributed by atoms with Crippen molar-refractivity contribution in [1.82, 2.24) is 29.5 Å². The minimum absolute atomic E-state index is 0.118. The van der Waals surface area contributed by atoms with E-state index in [-0.39, 0.29) is 5.91 Å². The zero-order valence-electron chi connectivity index (χ0n) is 13.2. The predicted molar refractivity (Wildman–Crippen MR) is 89.8 cm³/mol. The summed E-state index contributed by atoms with van der Waals surface area (Å²) in [6.07, 6.45) is 3.30. The van der Waals surface area contributed by atoms with E-state index in [2.05, 4.69) is 25.1 Å². The van der Waals surface area contributed by atoms with Gasteiger partial charge >= 0.3 is 0 Å². The Morgan fingerprint density at radius 3 is 3.00 bits per heavy atom. The molecule has 1 aromatic carbocycles. The summed E-state index contributed by atoms with van der Waals surface area (Å²) in [7, 11) is 0. The predicted octanol–water partition coefficient (Wildman–Crippen LogP) is 1.82. The monoisotopic (exact) mass is 320 g/mol. The van der Waals surface area contributed by atoms with Crippen molar-refractivity contribution in [2.24, 2.45) is 0 Å². The van der Waals surface area contributed by atoms with Crippen LogP contribution in [-0.2, 0) is 6.54 Å².